The Kier molecular flexibility index (Phi) is 9.19. The van der Waals surface area contributed by atoms with Gasteiger partial charge in [0.05, 0.1) is 16.8 Å². The van der Waals surface area contributed by atoms with Gasteiger partial charge >= 0.3 is 5.97 Å². The average Bonchev–Trinajstić information content (AvgIpc) is 3.64. The molecule has 0 bridgehead atoms. The van der Waals surface area contributed by atoms with Crippen molar-refractivity contribution in [2.75, 3.05) is 44.0 Å². The molecule has 234 valence electrons. The monoisotopic (exact) mass is 647 g/mol. The number of benzene rings is 2. The molecule has 4 heterocycles. The third-order valence-electron chi connectivity index (χ3n) is 7.68. The van der Waals surface area contributed by atoms with Crippen molar-refractivity contribution >= 4 is 60.8 Å². The van der Waals surface area contributed by atoms with Crippen LogP contribution in [0.5, 0.6) is 5.75 Å². The lowest BCUT2D eigenvalue weighted by atomic mass is 10.0. The van der Waals surface area contributed by atoms with E-state index < -0.39 is 11.8 Å². The molecule has 0 atom stereocenters. The molecule has 6 rings (SSSR count). The number of carboxylic acid groups (broad SMARTS) is 1. The molecule has 5 aromatic rings. The average molecular weight is 648 g/mol. The van der Waals surface area contributed by atoms with Crippen molar-refractivity contribution in [2.45, 2.75) is 39.0 Å². The molecule has 0 radical (unpaired) electrons. The quantitative estimate of drug-likeness (QED) is 0.143. The Bertz CT molecular complexity index is 1810. The van der Waals surface area contributed by atoms with E-state index in [0.29, 0.717) is 41.0 Å². The molecule has 0 fully saturated rings. The summed E-state index contributed by atoms with van der Waals surface area (Å²) < 4.78 is 21.4. The van der Waals surface area contributed by atoms with Crippen LogP contribution in [-0.4, -0.2) is 69.9 Å². The van der Waals surface area contributed by atoms with Crippen LogP contribution in [0.3, 0.4) is 0 Å². The molecule has 3 aromatic heterocycles. The Morgan fingerprint density at radius 3 is 2.76 bits per heavy atom. The molecule has 0 saturated carbocycles. The fourth-order valence-electron chi connectivity index (χ4n) is 5.29. The van der Waals surface area contributed by atoms with Crippen LogP contribution in [0.25, 0.3) is 10.2 Å². The van der Waals surface area contributed by atoms with Gasteiger partial charge < -0.3 is 25.0 Å². The zero-order valence-corrected chi connectivity index (χ0v) is 27.0. The number of fused-ring (bicyclic) bond motifs is 2. The Labute approximate surface area is 268 Å². The lowest BCUT2D eigenvalue weighted by Crippen LogP contribution is -2.27. The molecule has 1 aliphatic heterocycles. The summed E-state index contributed by atoms with van der Waals surface area (Å²) in [5, 5.41) is 23.6. The van der Waals surface area contributed by atoms with Crippen LogP contribution in [0, 0.1) is 12.7 Å². The summed E-state index contributed by atoms with van der Waals surface area (Å²) in [5.41, 5.74) is 3.90. The van der Waals surface area contributed by atoms with Crippen molar-refractivity contribution in [3.63, 3.8) is 0 Å². The van der Waals surface area contributed by atoms with Gasteiger partial charge in [-0.3, -0.25) is 0 Å². The predicted octanol–water partition coefficient (Wildman–Crippen LogP) is 6.63. The summed E-state index contributed by atoms with van der Waals surface area (Å²) in [7, 11) is 3.96. The smallest absolute Gasteiger partial charge is 0.355 e. The van der Waals surface area contributed by atoms with Crippen molar-refractivity contribution in [2.24, 2.45) is 0 Å². The van der Waals surface area contributed by atoms with Crippen LogP contribution in [0.2, 0.25) is 0 Å². The minimum absolute atomic E-state index is 0.0253. The second kappa shape index (κ2) is 13.4. The minimum Gasteiger partial charge on any atom is -0.491 e. The number of nitrogens with zero attached hydrogens (tertiary/aromatic N) is 6. The Balaban J connectivity index is 1.14. The third-order valence-corrected chi connectivity index (χ3v) is 9.77. The van der Waals surface area contributed by atoms with Gasteiger partial charge in [-0.05, 0) is 83.0 Å². The van der Waals surface area contributed by atoms with Crippen molar-refractivity contribution in [1.29, 1.82) is 0 Å². The number of carbonyl (C=O) groups is 1. The highest BCUT2D eigenvalue weighted by molar-refractivity contribution is 7.22. The maximum atomic E-state index is 14.6. The van der Waals surface area contributed by atoms with Gasteiger partial charge in [0.15, 0.2) is 39.2 Å². The molecule has 0 unspecified atom stereocenters. The van der Waals surface area contributed by atoms with E-state index in [9.17, 15) is 14.3 Å². The van der Waals surface area contributed by atoms with Crippen LogP contribution < -0.4 is 15.0 Å². The largest absolute Gasteiger partial charge is 0.491 e. The maximum absolute atomic E-state index is 14.6. The number of aromatic carboxylic acids is 1. The molecular weight excluding hydrogens is 614 g/mol. The number of rotatable bonds is 12. The number of halogens is 1. The topological polar surface area (TPSA) is 117 Å². The lowest BCUT2D eigenvalue weighted by molar-refractivity contribution is 0.0690. The van der Waals surface area contributed by atoms with Crippen molar-refractivity contribution < 1.29 is 19.0 Å². The van der Waals surface area contributed by atoms with E-state index in [2.05, 4.69) is 30.4 Å². The van der Waals surface area contributed by atoms with E-state index >= 15 is 0 Å². The van der Waals surface area contributed by atoms with Gasteiger partial charge in [-0.15, -0.1) is 21.5 Å². The van der Waals surface area contributed by atoms with E-state index in [1.807, 2.05) is 56.3 Å². The molecule has 0 amide bonds. The minimum atomic E-state index is -1.08. The van der Waals surface area contributed by atoms with E-state index in [1.54, 1.807) is 17.4 Å². The SMILES string of the molecule is Cc1c(Nc2nc3ccccc3s2)nnc2c1CCCN2c1nc(C(=O)O)c(CCCOc2ccc(CCN(C)C)cc2F)s1. The molecule has 2 N–H and O–H groups in total. The molecule has 45 heavy (non-hydrogen) atoms. The van der Waals surface area contributed by atoms with Crippen LogP contribution in [0.4, 0.5) is 26.3 Å². The number of hydrogen-bond donors (Lipinski definition) is 2. The lowest BCUT2D eigenvalue weighted by Gasteiger charge is -2.28. The highest BCUT2D eigenvalue weighted by atomic mass is 32.1. The standard InChI is InChI=1S/C32H34FN7O3S2/c1-19-21-8-6-15-40(29(21)38-37-28(19)36-31-34-23-9-4-5-10-25(23)44-31)32-35-27(30(41)42)26(45-32)11-7-17-43-24-13-12-20(18-22(24)33)14-16-39(2)3/h4-5,9-10,12-13,18H,6-8,11,14-17H2,1-3H3,(H,41,42)(H,34,36,37). The zero-order valence-electron chi connectivity index (χ0n) is 25.3. The zero-order chi connectivity index (χ0) is 31.5. The number of likely N-dealkylation sites (N-methyl/N-ethyl adjacent to an activating group) is 1. The first-order valence-corrected chi connectivity index (χ1v) is 16.5. The molecular formula is C32H34FN7O3S2. The summed E-state index contributed by atoms with van der Waals surface area (Å²) in [6.07, 6.45) is 3.41. The van der Waals surface area contributed by atoms with Gasteiger partial charge in [0.1, 0.15) is 0 Å². The van der Waals surface area contributed by atoms with Gasteiger partial charge in [-0.25, -0.2) is 19.2 Å². The molecule has 2 aromatic carbocycles. The van der Waals surface area contributed by atoms with Crippen LogP contribution in [-0.2, 0) is 19.3 Å². The fraction of sp³-hybridized carbons (Fsp3) is 0.344. The molecule has 0 aliphatic carbocycles. The van der Waals surface area contributed by atoms with Crippen LogP contribution in [0.15, 0.2) is 42.5 Å². The van der Waals surface area contributed by atoms with E-state index in [1.165, 1.54) is 17.4 Å². The van der Waals surface area contributed by atoms with Gasteiger partial charge in [0.25, 0.3) is 0 Å². The maximum Gasteiger partial charge on any atom is 0.355 e. The summed E-state index contributed by atoms with van der Waals surface area (Å²) in [6.45, 7) is 3.76. The summed E-state index contributed by atoms with van der Waals surface area (Å²) in [5.74, 6) is 0.0701. The van der Waals surface area contributed by atoms with Crippen molar-refractivity contribution in [3.05, 3.63) is 75.5 Å². The first-order valence-electron chi connectivity index (χ1n) is 14.8. The molecule has 1 aliphatic rings. The van der Waals surface area contributed by atoms with E-state index in [4.69, 9.17) is 4.74 Å². The molecule has 13 heteroatoms. The number of aromatic nitrogens is 4. The fourth-order valence-corrected chi connectivity index (χ4v) is 7.27. The first kappa shape index (κ1) is 30.8. The van der Waals surface area contributed by atoms with E-state index in [0.717, 1.165) is 57.8 Å². The Morgan fingerprint density at radius 1 is 1.13 bits per heavy atom. The first-order chi connectivity index (χ1) is 21.8. The van der Waals surface area contributed by atoms with Gasteiger partial charge in [0.2, 0.25) is 0 Å². The van der Waals surface area contributed by atoms with E-state index in [-0.39, 0.29) is 18.1 Å². The number of carboxylic acids is 1. The van der Waals surface area contributed by atoms with Gasteiger partial charge in [-0.1, -0.05) is 29.5 Å². The number of para-hydroxylation sites is 1. The Hall–Kier alpha value is -4.20. The molecule has 10 nitrogen and oxygen atoms in total. The summed E-state index contributed by atoms with van der Waals surface area (Å²) in [4.78, 5) is 26.0. The second-order valence-corrected chi connectivity index (χ2v) is 13.3. The van der Waals surface area contributed by atoms with Crippen molar-refractivity contribution in [1.82, 2.24) is 25.1 Å². The second-order valence-electron chi connectivity index (χ2n) is 11.2. The summed E-state index contributed by atoms with van der Waals surface area (Å²) in [6, 6.07) is 13.0. The van der Waals surface area contributed by atoms with Gasteiger partial charge in [0, 0.05) is 29.1 Å². The highest BCUT2D eigenvalue weighted by Gasteiger charge is 2.28. The van der Waals surface area contributed by atoms with Crippen molar-refractivity contribution in [3.8, 4) is 5.75 Å². The third kappa shape index (κ3) is 6.90. The molecule has 0 spiro atoms. The number of nitrogens with one attached hydrogen (secondary N) is 1. The number of ether oxygens (including phenoxy) is 1. The number of hydrogen-bond acceptors (Lipinski definition) is 11. The normalized spacial score (nSPS) is 13.0. The number of anilines is 4. The summed E-state index contributed by atoms with van der Waals surface area (Å²) >= 11 is 2.90. The number of aryl methyl sites for hydroxylation is 1. The van der Waals surface area contributed by atoms with Crippen LogP contribution in [0.1, 0.15) is 44.9 Å². The number of thiazole rings is 2. The predicted molar refractivity (Wildman–Crippen MR) is 177 cm³/mol. The highest BCUT2D eigenvalue weighted by Crippen LogP contribution is 2.39. The van der Waals surface area contributed by atoms with Gasteiger partial charge in [-0.2, -0.15) is 0 Å². The molecule has 0 saturated heterocycles. The Morgan fingerprint density at radius 2 is 1.98 bits per heavy atom. The van der Waals surface area contributed by atoms with Crippen LogP contribution >= 0.6 is 22.7 Å².